The van der Waals surface area contributed by atoms with E-state index in [4.69, 9.17) is 16.0 Å². The van der Waals surface area contributed by atoms with Gasteiger partial charge in [-0.05, 0) is 86.9 Å². The first kappa shape index (κ1) is 26.1. The highest BCUT2D eigenvalue weighted by Crippen LogP contribution is 2.37. The minimum atomic E-state index is -1.87. The molecule has 0 N–H and O–H groups in total. The van der Waals surface area contributed by atoms with Gasteiger partial charge in [-0.15, -0.1) is 0 Å². The van der Waals surface area contributed by atoms with Gasteiger partial charge in [0.15, 0.2) is 14.1 Å². The number of fused-ring (bicyclic) bond motifs is 1. The molecule has 188 valence electrons. The van der Waals surface area contributed by atoms with E-state index in [-0.39, 0.29) is 10.8 Å². The molecule has 0 aliphatic carbocycles. The second-order valence-electron chi connectivity index (χ2n) is 11.4. The van der Waals surface area contributed by atoms with E-state index in [9.17, 15) is 4.79 Å². The van der Waals surface area contributed by atoms with Crippen LogP contribution in [0.4, 0.5) is 0 Å². The van der Waals surface area contributed by atoms with E-state index in [0.717, 1.165) is 46.5 Å². The lowest BCUT2D eigenvalue weighted by atomic mass is 10.0. The third kappa shape index (κ3) is 5.59. The molecule has 0 radical (unpaired) electrons. The van der Waals surface area contributed by atoms with E-state index in [0.29, 0.717) is 18.2 Å². The van der Waals surface area contributed by atoms with Crippen molar-refractivity contribution < 1.29 is 9.22 Å². The first-order valence-electron chi connectivity index (χ1n) is 12.8. The number of ketones is 1. The normalized spacial score (nSPS) is 15.6. The topological polar surface area (TPSA) is 34.5 Å². The number of rotatable bonds is 7. The summed E-state index contributed by atoms with van der Waals surface area (Å²) in [4.78, 5) is 15.9. The Kier molecular flexibility index (Phi) is 7.63. The molecule has 1 fully saturated rings. The van der Waals surface area contributed by atoms with Crippen molar-refractivity contribution in [3.63, 3.8) is 0 Å². The molecule has 0 unspecified atom stereocenters. The Morgan fingerprint density at radius 2 is 1.69 bits per heavy atom. The summed E-state index contributed by atoms with van der Waals surface area (Å²) in [5.74, 6) is 0.201. The maximum atomic E-state index is 13.6. The molecule has 1 aromatic heterocycles. The Balaban J connectivity index is 1.75. The van der Waals surface area contributed by atoms with Crippen molar-refractivity contribution in [2.45, 2.75) is 71.7 Å². The van der Waals surface area contributed by atoms with Gasteiger partial charge in [0.25, 0.3) is 0 Å². The Morgan fingerprint density at radius 3 is 2.31 bits per heavy atom. The Morgan fingerprint density at radius 1 is 1.03 bits per heavy atom. The van der Waals surface area contributed by atoms with Crippen molar-refractivity contribution in [3.05, 3.63) is 64.3 Å². The molecule has 6 heteroatoms. The van der Waals surface area contributed by atoms with Crippen LogP contribution in [0.5, 0.6) is 0 Å². The second-order valence-corrected chi connectivity index (χ2v) is 16.7. The number of carbonyl (C=O) groups is 1. The predicted molar refractivity (Wildman–Crippen MR) is 150 cm³/mol. The molecule has 1 saturated heterocycles. The first-order valence-corrected chi connectivity index (χ1v) is 16.1. The molecule has 0 saturated carbocycles. The molecule has 3 aromatic rings. The van der Waals surface area contributed by atoms with Crippen LogP contribution in [0, 0.1) is 6.92 Å². The van der Waals surface area contributed by atoms with Crippen LogP contribution in [0.25, 0.3) is 16.6 Å². The van der Waals surface area contributed by atoms with E-state index in [1.54, 1.807) is 0 Å². The van der Waals surface area contributed by atoms with Gasteiger partial charge >= 0.3 is 0 Å². The van der Waals surface area contributed by atoms with Crippen molar-refractivity contribution in [2.75, 3.05) is 19.6 Å². The fourth-order valence-electron chi connectivity index (χ4n) is 4.71. The van der Waals surface area contributed by atoms with Crippen LogP contribution in [0.3, 0.4) is 0 Å². The van der Waals surface area contributed by atoms with E-state index in [1.807, 2.05) is 24.3 Å². The van der Waals surface area contributed by atoms with Crippen LogP contribution in [-0.4, -0.2) is 43.2 Å². The zero-order chi connectivity index (χ0) is 25.4. The van der Waals surface area contributed by atoms with Crippen LogP contribution >= 0.6 is 11.6 Å². The Hall–Kier alpha value is -1.92. The molecular formula is C29H39ClN2O2Si. The minimum Gasteiger partial charge on any atom is -0.413 e. The molecule has 1 aliphatic heterocycles. The van der Waals surface area contributed by atoms with Gasteiger partial charge in [0, 0.05) is 27.4 Å². The number of aromatic nitrogens is 1. The van der Waals surface area contributed by atoms with Gasteiger partial charge < -0.3 is 8.99 Å². The lowest BCUT2D eigenvalue weighted by molar-refractivity contribution is 0.0916. The smallest absolute Gasteiger partial charge is 0.192 e. The molecule has 4 rings (SSSR count). The standard InChI is InChI=1S/C29H39ClN2O2Si/c1-21-28(27(33)19-31-16-8-7-9-17-31)25-15-10-22(20-34-35(5,6)29(2,3)4)18-26(25)32(21)24-13-11-23(30)12-14-24/h10-15,18H,7-9,16-17,19-20H2,1-6H3. The maximum Gasteiger partial charge on any atom is 0.192 e. The van der Waals surface area contributed by atoms with Gasteiger partial charge in [0.2, 0.25) is 0 Å². The Bertz CT molecular complexity index is 1200. The fourth-order valence-corrected chi connectivity index (χ4v) is 5.79. The van der Waals surface area contributed by atoms with Gasteiger partial charge in [0.1, 0.15) is 0 Å². The van der Waals surface area contributed by atoms with Gasteiger partial charge in [-0.3, -0.25) is 9.69 Å². The number of halogens is 1. The highest BCUT2D eigenvalue weighted by atomic mass is 35.5. The van der Waals surface area contributed by atoms with Crippen LogP contribution in [0.15, 0.2) is 42.5 Å². The summed E-state index contributed by atoms with van der Waals surface area (Å²) in [6.45, 7) is 16.5. The van der Waals surface area contributed by atoms with Crippen molar-refractivity contribution in [1.82, 2.24) is 9.47 Å². The van der Waals surface area contributed by atoms with E-state index in [1.165, 1.54) is 19.3 Å². The predicted octanol–water partition coefficient (Wildman–Crippen LogP) is 7.78. The minimum absolute atomic E-state index is 0.158. The summed E-state index contributed by atoms with van der Waals surface area (Å²) in [6.07, 6.45) is 3.62. The molecule has 0 atom stereocenters. The van der Waals surface area contributed by atoms with Crippen LogP contribution < -0.4 is 0 Å². The van der Waals surface area contributed by atoms with Crippen molar-refractivity contribution >= 4 is 36.6 Å². The third-order valence-electron chi connectivity index (χ3n) is 7.86. The number of hydrogen-bond donors (Lipinski definition) is 0. The van der Waals surface area contributed by atoms with E-state index < -0.39 is 8.32 Å². The summed E-state index contributed by atoms with van der Waals surface area (Å²) >= 11 is 6.19. The highest BCUT2D eigenvalue weighted by Gasteiger charge is 2.37. The number of likely N-dealkylation sites (tertiary alicyclic amines) is 1. The monoisotopic (exact) mass is 510 g/mol. The van der Waals surface area contributed by atoms with Crippen molar-refractivity contribution in [3.8, 4) is 5.69 Å². The first-order chi connectivity index (χ1) is 16.5. The Labute approximate surface area is 216 Å². The summed E-state index contributed by atoms with van der Waals surface area (Å²) in [7, 11) is -1.87. The summed E-state index contributed by atoms with van der Waals surface area (Å²) in [5, 5.41) is 1.87. The summed E-state index contributed by atoms with van der Waals surface area (Å²) < 4.78 is 8.71. The van der Waals surface area contributed by atoms with Crippen molar-refractivity contribution in [2.24, 2.45) is 0 Å². The maximum absolute atomic E-state index is 13.6. The largest absolute Gasteiger partial charge is 0.413 e. The molecule has 2 aromatic carbocycles. The van der Waals surface area contributed by atoms with Gasteiger partial charge in [0.05, 0.1) is 18.7 Å². The van der Waals surface area contributed by atoms with Gasteiger partial charge in [-0.2, -0.15) is 0 Å². The number of benzene rings is 2. The zero-order valence-corrected chi connectivity index (χ0v) is 23.8. The number of hydrogen-bond acceptors (Lipinski definition) is 3. The molecule has 2 heterocycles. The molecule has 1 aliphatic rings. The quantitative estimate of drug-likeness (QED) is 0.240. The zero-order valence-electron chi connectivity index (χ0n) is 22.1. The molecule has 4 nitrogen and oxygen atoms in total. The van der Waals surface area contributed by atoms with Crippen LogP contribution in [0.2, 0.25) is 23.2 Å². The van der Waals surface area contributed by atoms with Gasteiger partial charge in [-0.25, -0.2) is 0 Å². The van der Waals surface area contributed by atoms with Crippen LogP contribution in [-0.2, 0) is 11.0 Å². The second kappa shape index (κ2) is 10.2. The third-order valence-corrected chi connectivity index (χ3v) is 12.6. The molecule has 0 bridgehead atoms. The van der Waals surface area contributed by atoms with E-state index in [2.05, 4.69) is 68.5 Å². The number of nitrogens with zero attached hydrogens (tertiary/aromatic N) is 2. The molecular weight excluding hydrogens is 472 g/mol. The highest BCUT2D eigenvalue weighted by molar-refractivity contribution is 6.74. The van der Waals surface area contributed by atoms with Gasteiger partial charge in [-0.1, -0.05) is 50.9 Å². The fraction of sp³-hybridized carbons (Fsp3) is 0.483. The van der Waals surface area contributed by atoms with Crippen molar-refractivity contribution in [1.29, 1.82) is 0 Å². The molecule has 35 heavy (non-hydrogen) atoms. The van der Waals surface area contributed by atoms with E-state index >= 15 is 0 Å². The lowest BCUT2D eigenvalue weighted by Gasteiger charge is -2.36. The average Bonchev–Trinajstić information content (AvgIpc) is 3.09. The number of carbonyl (C=O) groups excluding carboxylic acids is 1. The number of Topliss-reactive ketones (excluding diaryl/α,β-unsaturated/α-hetero) is 1. The summed E-state index contributed by atoms with van der Waals surface area (Å²) in [6, 6.07) is 14.3. The number of piperidine rings is 1. The SMILES string of the molecule is Cc1c(C(=O)CN2CCCCC2)c2ccc(CO[Si](C)(C)C(C)(C)C)cc2n1-c1ccc(Cl)cc1. The molecule has 0 amide bonds. The molecule has 0 spiro atoms. The summed E-state index contributed by atoms with van der Waals surface area (Å²) in [5.41, 5.74) is 4.99. The van der Waals surface area contributed by atoms with Crippen LogP contribution in [0.1, 0.15) is 61.6 Å². The lowest BCUT2D eigenvalue weighted by Crippen LogP contribution is -2.40. The average molecular weight is 511 g/mol.